The molecule has 1 atom stereocenters. The van der Waals surface area contributed by atoms with Gasteiger partial charge in [0.25, 0.3) is 5.91 Å². The lowest BCUT2D eigenvalue weighted by atomic mass is 10.0. The van der Waals surface area contributed by atoms with Crippen molar-refractivity contribution in [2.75, 3.05) is 24.2 Å². The average Bonchev–Trinajstić information content (AvgIpc) is 3.21. The van der Waals surface area contributed by atoms with Crippen LogP contribution >= 0.6 is 0 Å². The molecule has 9 heteroatoms. The number of hydrogen-bond acceptors (Lipinski definition) is 5. The molecule has 0 aliphatic rings. The average molecular weight is 536 g/mol. The fourth-order valence-corrected chi connectivity index (χ4v) is 5.03. The maximum atomic E-state index is 13.5. The molecule has 0 fully saturated rings. The topological polar surface area (TPSA) is 110 Å². The first-order valence-electron chi connectivity index (χ1n) is 12.5. The number of ether oxygens (including phenoxy) is 1. The van der Waals surface area contributed by atoms with Crippen LogP contribution in [0.4, 0.5) is 5.69 Å². The van der Waals surface area contributed by atoms with E-state index in [1.54, 1.807) is 30.3 Å². The van der Waals surface area contributed by atoms with Crippen LogP contribution in [-0.4, -0.2) is 49.5 Å². The van der Waals surface area contributed by atoms with Gasteiger partial charge >= 0.3 is 0 Å². The van der Waals surface area contributed by atoms with Crippen molar-refractivity contribution in [2.24, 2.45) is 7.05 Å². The fourth-order valence-electron chi connectivity index (χ4n) is 4.48. The van der Waals surface area contributed by atoms with Crippen molar-refractivity contribution >= 4 is 32.5 Å². The molecule has 8 nitrogen and oxygen atoms in total. The zero-order chi connectivity index (χ0) is 27.3. The molecule has 0 spiro atoms. The number of nitrogens with zero attached hydrogens (tertiary/aromatic N) is 1. The smallest absolute Gasteiger partial charge is 0.255 e. The van der Waals surface area contributed by atoms with E-state index >= 15 is 0 Å². The highest BCUT2D eigenvalue weighted by Crippen LogP contribution is 2.29. The minimum Gasteiger partial charge on any atom is -0.493 e. The number of anilines is 1. The second-order valence-corrected chi connectivity index (χ2v) is 11.1. The molecule has 0 radical (unpaired) electrons. The van der Waals surface area contributed by atoms with Crippen LogP contribution in [0, 0.1) is 0 Å². The monoisotopic (exact) mass is 535 g/mol. The second kappa shape index (κ2) is 11.7. The molecule has 0 saturated carbocycles. The third-order valence-electron chi connectivity index (χ3n) is 6.19. The Morgan fingerprint density at radius 2 is 1.82 bits per heavy atom. The number of amides is 1. The highest BCUT2D eigenvalue weighted by Gasteiger charge is 2.20. The summed E-state index contributed by atoms with van der Waals surface area (Å²) in [6, 6.07) is 19.8. The number of aliphatic hydroxyl groups excluding tert-OH is 1. The van der Waals surface area contributed by atoms with Crippen LogP contribution in [0.3, 0.4) is 0 Å². The van der Waals surface area contributed by atoms with Gasteiger partial charge < -0.3 is 19.7 Å². The maximum Gasteiger partial charge on any atom is 0.255 e. The number of aromatic nitrogens is 1. The predicted molar refractivity (Wildman–Crippen MR) is 151 cm³/mol. The van der Waals surface area contributed by atoms with Gasteiger partial charge in [0.05, 0.1) is 31.1 Å². The summed E-state index contributed by atoms with van der Waals surface area (Å²) in [6.45, 7) is 2.21. The Bertz CT molecular complexity index is 1550. The van der Waals surface area contributed by atoms with Crippen LogP contribution in [-0.2, 0) is 23.5 Å². The van der Waals surface area contributed by atoms with Crippen LogP contribution in [0.2, 0.25) is 0 Å². The summed E-state index contributed by atoms with van der Waals surface area (Å²) in [5, 5.41) is 14.2. The first-order valence-corrected chi connectivity index (χ1v) is 14.4. The molecular formula is C29H33N3O5S. The van der Waals surface area contributed by atoms with Crippen molar-refractivity contribution in [2.45, 2.75) is 25.8 Å². The van der Waals surface area contributed by atoms with Gasteiger partial charge in [-0.3, -0.25) is 9.52 Å². The van der Waals surface area contributed by atoms with E-state index in [1.807, 2.05) is 61.1 Å². The first-order chi connectivity index (χ1) is 18.2. The zero-order valence-electron chi connectivity index (χ0n) is 21.8. The summed E-state index contributed by atoms with van der Waals surface area (Å²) < 4.78 is 33.7. The number of nitrogens with one attached hydrogen (secondary N) is 2. The Kier molecular flexibility index (Phi) is 8.38. The molecule has 38 heavy (non-hydrogen) atoms. The summed E-state index contributed by atoms with van der Waals surface area (Å²) in [7, 11) is -1.45. The van der Waals surface area contributed by atoms with Crippen molar-refractivity contribution in [1.82, 2.24) is 9.88 Å². The van der Waals surface area contributed by atoms with Gasteiger partial charge in [-0.2, -0.15) is 0 Å². The summed E-state index contributed by atoms with van der Waals surface area (Å²) >= 11 is 0. The maximum absolute atomic E-state index is 13.5. The predicted octanol–water partition coefficient (Wildman–Crippen LogP) is 4.34. The molecule has 4 aromatic rings. The van der Waals surface area contributed by atoms with Crippen molar-refractivity contribution in [3.05, 3.63) is 84.1 Å². The molecule has 1 amide bonds. The van der Waals surface area contributed by atoms with E-state index in [1.165, 1.54) is 0 Å². The number of benzene rings is 3. The number of para-hydroxylation sites is 1. The molecule has 0 bridgehead atoms. The first kappa shape index (κ1) is 27.2. The third-order valence-corrected chi connectivity index (χ3v) is 6.79. The summed E-state index contributed by atoms with van der Waals surface area (Å²) in [4.78, 5) is 13.5. The van der Waals surface area contributed by atoms with E-state index in [-0.39, 0.29) is 12.5 Å². The van der Waals surface area contributed by atoms with Gasteiger partial charge in [0.1, 0.15) is 5.75 Å². The van der Waals surface area contributed by atoms with Gasteiger partial charge in [0.15, 0.2) is 0 Å². The van der Waals surface area contributed by atoms with Crippen molar-refractivity contribution in [3.63, 3.8) is 0 Å². The van der Waals surface area contributed by atoms with E-state index in [0.717, 1.165) is 40.3 Å². The molecule has 0 aliphatic heterocycles. The highest BCUT2D eigenvalue weighted by atomic mass is 32.2. The van der Waals surface area contributed by atoms with Crippen LogP contribution in [0.25, 0.3) is 22.0 Å². The van der Waals surface area contributed by atoms with Crippen LogP contribution in [0.15, 0.2) is 72.9 Å². The zero-order valence-corrected chi connectivity index (χ0v) is 22.6. The normalized spacial score (nSPS) is 12.3. The van der Waals surface area contributed by atoms with Crippen LogP contribution in [0.1, 0.15) is 29.3 Å². The number of hydrogen-bond donors (Lipinski definition) is 3. The Balaban J connectivity index is 1.62. The van der Waals surface area contributed by atoms with Crippen LogP contribution < -0.4 is 14.8 Å². The van der Waals surface area contributed by atoms with Gasteiger partial charge in [-0.15, -0.1) is 0 Å². The molecule has 0 unspecified atom stereocenters. The SMILES string of the molecule is CCCOc1ccc(-c2cccc(NS(C)(=O)=O)c2)cc1C(=O)N[C@@H](CO)Cc1cn(C)c2ccccc12. The summed E-state index contributed by atoms with van der Waals surface area (Å²) in [5.74, 6) is 0.0861. The Hall–Kier alpha value is -3.82. The van der Waals surface area contributed by atoms with E-state index in [4.69, 9.17) is 4.74 Å². The molecule has 1 aromatic heterocycles. The Labute approximate surface area is 223 Å². The van der Waals surface area contributed by atoms with Gasteiger partial charge in [-0.1, -0.05) is 43.3 Å². The number of carbonyl (C=O) groups is 1. The highest BCUT2D eigenvalue weighted by molar-refractivity contribution is 7.92. The van der Waals surface area contributed by atoms with E-state index < -0.39 is 16.1 Å². The number of aryl methyl sites for hydroxylation is 1. The van der Waals surface area contributed by atoms with Gasteiger partial charge in [-0.05, 0) is 59.9 Å². The number of sulfonamides is 1. The van der Waals surface area contributed by atoms with Crippen molar-refractivity contribution in [3.8, 4) is 16.9 Å². The molecule has 4 rings (SSSR count). The Morgan fingerprint density at radius 3 is 2.55 bits per heavy atom. The van der Waals surface area contributed by atoms with E-state index in [0.29, 0.717) is 30.0 Å². The van der Waals surface area contributed by atoms with Crippen LogP contribution in [0.5, 0.6) is 5.75 Å². The lowest BCUT2D eigenvalue weighted by Gasteiger charge is -2.18. The second-order valence-electron chi connectivity index (χ2n) is 9.35. The quantitative estimate of drug-likeness (QED) is 0.265. The standard InChI is InChI=1S/C29H33N3O5S/c1-4-14-37-28-13-12-21(20-8-7-9-23(15-20)31-38(3,35)36)17-26(28)29(34)30-24(19-33)16-22-18-32(2)27-11-6-5-10-25(22)27/h5-13,15,17-18,24,31,33H,4,14,16,19H2,1-3H3,(H,30,34)/t24-/m1/s1. The van der Waals surface area contributed by atoms with Gasteiger partial charge in [-0.25, -0.2) is 8.42 Å². The molecule has 3 N–H and O–H groups in total. The number of aliphatic hydroxyl groups is 1. The summed E-state index contributed by atoms with van der Waals surface area (Å²) in [5.41, 5.74) is 4.36. The number of rotatable bonds is 11. The Morgan fingerprint density at radius 1 is 1.05 bits per heavy atom. The number of fused-ring (bicyclic) bond motifs is 1. The minimum atomic E-state index is -3.43. The molecule has 0 aliphatic carbocycles. The fraction of sp³-hybridized carbons (Fsp3) is 0.276. The largest absolute Gasteiger partial charge is 0.493 e. The van der Waals surface area contributed by atoms with E-state index in [9.17, 15) is 18.3 Å². The minimum absolute atomic E-state index is 0.223. The lowest BCUT2D eigenvalue weighted by Crippen LogP contribution is -2.39. The molecular weight excluding hydrogens is 502 g/mol. The van der Waals surface area contributed by atoms with Gasteiger partial charge in [0, 0.05) is 29.8 Å². The number of carbonyl (C=O) groups excluding carboxylic acids is 1. The molecule has 0 saturated heterocycles. The third kappa shape index (κ3) is 6.54. The summed E-state index contributed by atoms with van der Waals surface area (Å²) in [6.07, 6.45) is 4.36. The van der Waals surface area contributed by atoms with Crippen molar-refractivity contribution < 1.29 is 23.1 Å². The molecule has 3 aromatic carbocycles. The molecule has 1 heterocycles. The molecule has 200 valence electrons. The van der Waals surface area contributed by atoms with Crippen molar-refractivity contribution in [1.29, 1.82) is 0 Å². The van der Waals surface area contributed by atoms with E-state index in [2.05, 4.69) is 10.0 Å². The van der Waals surface area contributed by atoms with Gasteiger partial charge in [0.2, 0.25) is 10.0 Å². The lowest BCUT2D eigenvalue weighted by molar-refractivity contribution is 0.0912.